The van der Waals surface area contributed by atoms with Crippen LogP contribution in [0.1, 0.15) is 5.56 Å². The Morgan fingerprint density at radius 3 is 2.81 bits per heavy atom. The van der Waals surface area contributed by atoms with E-state index in [1.165, 1.54) is 7.11 Å². The van der Waals surface area contributed by atoms with Crippen LogP contribution in [-0.2, 0) is 16.1 Å². The standard InChI is InChI=1S/C11H14BrNO3/c1-16-7-10(11(14)15)13-6-8-4-2-3-5-9(8)12/h2-5,10,13H,6-7H2,1H3,(H,14,15). The third kappa shape index (κ3) is 3.92. The highest BCUT2D eigenvalue weighted by molar-refractivity contribution is 9.10. The molecule has 0 aromatic heterocycles. The topological polar surface area (TPSA) is 58.6 Å². The van der Waals surface area contributed by atoms with Gasteiger partial charge in [-0.25, -0.2) is 0 Å². The van der Waals surface area contributed by atoms with Crippen LogP contribution in [0.25, 0.3) is 0 Å². The highest BCUT2D eigenvalue weighted by atomic mass is 79.9. The zero-order valence-electron chi connectivity index (χ0n) is 8.94. The Labute approximate surface area is 103 Å². The van der Waals surface area contributed by atoms with Crippen LogP contribution < -0.4 is 5.32 Å². The van der Waals surface area contributed by atoms with E-state index in [2.05, 4.69) is 21.2 Å². The lowest BCUT2D eigenvalue weighted by atomic mass is 10.2. The molecule has 0 aliphatic rings. The number of aliphatic carboxylic acids is 1. The second kappa shape index (κ2) is 6.62. The van der Waals surface area contributed by atoms with Gasteiger partial charge in [-0.1, -0.05) is 34.1 Å². The van der Waals surface area contributed by atoms with Gasteiger partial charge in [-0.2, -0.15) is 0 Å². The van der Waals surface area contributed by atoms with Gasteiger partial charge in [0.1, 0.15) is 6.04 Å². The van der Waals surface area contributed by atoms with Crippen LogP contribution in [0.2, 0.25) is 0 Å². The van der Waals surface area contributed by atoms with Crippen molar-refractivity contribution in [2.45, 2.75) is 12.6 Å². The molecule has 0 amide bonds. The summed E-state index contributed by atoms with van der Waals surface area (Å²) in [5.41, 5.74) is 1.02. The molecule has 0 fully saturated rings. The Morgan fingerprint density at radius 1 is 1.56 bits per heavy atom. The fourth-order valence-corrected chi connectivity index (χ4v) is 1.68. The van der Waals surface area contributed by atoms with Gasteiger partial charge in [0.05, 0.1) is 6.61 Å². The molecule has 1 aromatic rings. The van der Waals surface area contributed by atoms with Gasteiger partial charge >= 0.3 is 5.97 Å². The van der Waals surface area contributed by atoms with Crippen molar-refractivity contribution in [3.05, 3.63) is 34.3 Å². The molecular weight excluding hydrogens is 274 g/mol. The number of hydrogen-bond donors (Lipinski definition) is 2. The molecule has 5 heteroatoms. The van der Waals surface area contributed by atoms with Crippen LogP contribution in [0.4, 0.5) is 0 Å². The Kier molecular flexibility index (Phi) is 5.45. The molecule has 1 atom stereocenters. The van der Waals surface area contributed by atoms with Crippen molar-refractivity contribution in [3.63, 3.8) is 0 Å². The molecule has 4 nitrogen and oxygen atoms in total. The summed E-state index contributed by atoms with van der Waals surface area (Å²) in [4.78, 5) is 10.8. The van der Waals surface area contributed by atoms with E-state index in [1.807, 2.05) is 24.3 Å². The Bertz CT molecular complexity index is 357. The summed E-state index contributed by atoms with van der Waals surface area (Å²) in [5, 5.41) is 11.8. The molecule has 0 saturated heterocycles. The van der Waals surface area contributed by atoms with E-state index in [1.54, 1.807) is 0 Å². The molecule has 2 N–H and O–H groups in total. The Balaban J connectivity index is 2.55. The minimum absolute atomic E-state index is 0.153. The summed E-state index contributed by atoms with van der Waals surface area (Å²) in [6, 6.07) is 6.99. The number of hydrogen-bond acceptors (Lipinski definition) is 3. The number of carboxylic acids is 1. The molecule has 88 valence electrons. The molecule has 16 heavy (non-hydrogen) atoms. The SMILES string of the molecule is COCC(NCc1ccccc1Br)C(=O)O. The predicted octanol–water partition coefficient (Wildman–Crippen LogP) is 1.64. The van der Waals surface area contributed by atoms with E-state index >= 15 is 0 Å². The van der Waals surface area contributed by atoms with Gasteiger partial charge in [0.15, 0.2) is 0 Å². The number of ether oxygens (including phenoxy) is 1. The van der Waals surface area contributed by atoms with Crippen molar-refractivity contribution in [2.75, 3.05) is 13.7 Å². The van der Waals surface area contributed by atoms with Crippen molar-refractivity contribution in [1.82, 2.24) is 5.32 Å². The largest absolute Gasteiger partial charge is 0.480 e. The first-order valence-corrected chi connectivity index (χ1v) is 5.63. The predicted molar refractivity (Wildman–Crippen MR) is 64.3 cm³/mol. The van der Waals surface area contributed by atoms with E-state index < -0.39 is 12.0 Å². The zero-order chi connectivity index (χ0) is 12.0. The van der Waals surface area contributed by atoms with E-state index in [0.29, 0.717) is 6.54 Å². The number of halogens is 1. The van der Waals surface area contributed by atoms with Gasteiger partial charge < -0.3 is 9.84 Å². The van der Waals surface area contributed by atoms with Crippen LogP contribution in [0, 0.1) is 0 Å². The van der Waals surface area contributed by atoms with Crippen LogP contribution in [0.15, 0.2) is 28.7 Å². The maximum atomic E-state index is 10.8. The summed E-state index contributed by atoms with van der Waals surface area (Å²) >= 11 is 3.40. The summed E-state index contributed by atoms with van der Waals surface area (Å²) in [5.74, 6) is -0.908. The minimum Gasteiger partial charge on any atom is -0.480 e. The first-order valence-electron chi connectivity index (χ1n) is 4.83. The van der Waals surface area contributed by atoms with Crippen LogP contribution in [0.3, 0.4) is 0 Å². The van der Waals surface area contributed by atoms with E-state index in [-0.39, 0.29) is 6.61 Å². The molecule has 0 bridgehead atoms. The van der Waals surface area contributed by atoms with E-state index in [4.69, 9.17) is 9.84 Å². The smallest absolute Gasteiger partial charge is 0.323 e. The first kappa shape index (κ1) is 13.2. The third-order valence-electron chi connectivity index (χ3n) is 2.13. The molecule has 0 aliphatic heterocycles. The van der Waals surface area contributed by atoms with Gasteiger partial charge in [0, 0.05) is 18.1 Å². The van der Waals surface area contributed by atoms with Gasteiger partial charge in [-0.15, -0.1) is 0 Å². The lowest BCUT2D eigenvalue weighted by Crippen LogP contribution is -2.39. The van der Waals surface area contributed by atoms with Crippen molar-refractivity contribution in [3.8, 4) is 0 Å². The number of nitrogens with one attached hydrogen (secondary N) is 1. The quantitative estimate of drug-likeness (QED) is 0.835. The molecule has 1 rings (SSSR count). The van der Waals surface area contributed by atoms with Gasteiger partial charge in [0.25, 0.3) is 0 Å². The number of benzene rings is 1. The summed E-state index contributed by atoms with van der Waals surface area (Å²) < 4.78 is 5.79. The molecule has 0 aliphatic carbocycles. The van der Waals surface area contributed by atoms with Crippen LogP contribution in [0.5, 0.6) is 0 Å². The zero-order valence-corrected chi connectivity index (χ0v) is 10.5. The Hall–Kier alpha value is -0.910. The Morgan fingerprint density at radius 2 is 2.25 bits per heavy atom. The summed E-state index contributed by atoms with van der Waals surface area (Å²) in [6.07, 6.45) is 0. The summed E-state index contributed by atoms with van der Waals surface area (Å²) in [6.45, 7) is 0.640. The summed E-state index contributed by atoms with van der Waals surface area (Å²) in [7, 11) is 1.48. The van der Waals surface area contributed by atoms with Crippen LogP contribution in [-0.4, -0.2) is 30.8 Å². The van der Waals surface area contributed by atoms with Gasteiger partial charge in [0.2, 0.25) is 0 Å². The third-order valence-corrected chi connectivity index (χ3v) is 2.90. The van der Waals surface area contributed by atoms with Crippen molar-refractivity contribution < 1.29 is 14.6 Å². The van der Waals surface area contributed by atoms with Gasteiger partial charge in [-0.3, -0.25) is 10.1 Å². The van der Waals surface area contributed by atoms with Crippen molar-refractivity contribution in [2.24, 2.45) is 0 Å². The maximum absolute atomic E-state index is 10.8. The molecule has 0 saturated carbocycles. The number of carbonyl (C=O) groups is 1. The first-order chi connectivity index (χ1) is 7.65. The average molecular weight is 288 g/mol. The molecule has 0 spiro atoms. The minimum atomic E-state index is -0.908. The van der Waals surface area contributed by atoms with E-state index in [0.717, 1.165) is 10.0 Å². The monoisotopic (exact) mass is 287 g/mol. The molecule has 1 unspecified atom stereocenters. The number of methoxy groups -OCH3 is 1. The van der Waals surface area contributed by atoms with Crippen molar-refractivity contribution in [1.29, 1.82) is 0 Å². The molecular formula is C11H14BrNO3. The average Bonchev–Trinajstić information content (AvgIpc) is 2.26. The maximum Gasteiger partial charge on any atom is 0.323 e. The van der Waals surface area contributed by atoms with E-state index in [9.17, 15) is 4.79 Å². The normalized spacial score (nSPS) is 12.4. The fraction of sp³-hybridized carbons (Fsp3) is 0.364. The second-order valence-electron chi connectivity index (χ2n) is 3.32. The molecule has 0 radical (unpaired) electrons. The highest BCUT2D eigenvalue weighted by Gasteiger charge is 2.16. The number of rotatable bonds is 6. The van der Waals surface area contributed by atoms with Crippen LogP contribution >= 0.6 is 15.9 Å². The van der Waals surface area contributed by atoms with Crippen molar-refractivity contribution >= 4 is 21.9 Å². The number of carboxylic acid groups (broad SMARTS) is 1. The highest BCUT2D eigenvalue weighted by Crippen LogP contribution is 2.15. The second-order valence-corrected chi connectivity index (χ2v) is 4.17. The fourth-order valence-electron chi connectivity index (χ4n) is 1.26. The van der Waals surface area contributed by atoms with Gasteiger partial charge in [-0.05, 0) is 11.6 Å². The lowest BCUT2D eigenvalue weighted by Gasteiger charge is -2.13. The lowest BCUT2D eigenvalue weighted by molar-refractivity contribution is -0.140. The molecule has 1 aromatic carbocycles. The molecule has 0 heterocycles.